The average molecular weight is 332 g/mol. The Hall–Kier alpha value is 0.1000. The van der Waals surface area contributed by atoms with Gasteiger partial charge in [0.15, 0.2) is 0 Å². The van der Waals surface area contributed by atoms with E-state index in [1.165, 1.54) is 8.66 Å². The third-order valence-corrected chi connectivity index (χ3v) is 4.98. The van der Waals surface area contributed by atoms with Crippen LogP contribution in [0.4, 0.5) is 0 Å². The highest BCUT2D eigenvalue weighted by atomic mass is 79.9. The first-order valence-electron chi connectivity index (χ1n) is 6.46. The van der Waals surface area contributed by atoms with Crippen LogP contribution in [0, 0.1) is 5.41 Å². The molecular formula is C14H22BrNOS. The number of hydrogen-bond donors (Lipinski definition) is 1. The molecule has 18 heavy (non-hydrogen) atoms. The summed E-state index contributed by atoms with van der Waals surface area (Å²) >= 11 is 5.38. The van der Waals surface area contributed by atoms with Gasteiger partial charge in [0.2, 0.25) is 0 Å². The molecule has 0 aliphatic carbocycles. The van der Waals surface area contributed by atoms with Crippen molar-refractivity contribution in [2.24, 2.45) is 5.41 Å². The lowest BCUT2D eigenvalue weighted by Gasteiger charge is -2.32. The van der Waals surface area contributed by atoms with E-state index < -0.39 is 0 Å². The second-order valence-electron chi connectivity index (χ2n) is 6.29. The van der Waals surface area contributed by atoms with Crippen LogP contribution in [0.3, 0.4) is 0 Å². The Bertz CT molecular complexity index is 391. The summed E-state index contributed by atoms with van der Waals surface area (Å²) in [4.78, 5) is 1.45. The van der Waals surface area contributed by atoms with Crippen molar-refractivity contribution in [1.29, 1.82) is 0 Å². The number of thiophene rings is 1. The van der Waals surface area contributed by atoms with Gasteiger partial charge in [-0.05, 0) is 61.7 Å². The van der Waals surface area contributed by atoms with Gasteiger partial charge >= 0.3 is 0 Å². The van der Waals surface area contributed by atoms with Crippen LogP contribution in [0.5, 0.6) is 0 Å². The Balaban J connectivity index is 2.02. The lowest BCUT2D eigenvalue weighted by Crippen LogP contribution is -2.45. The van der Waals surface area contributed by atoms with Gasteiger partial charge in [-0.1, -0.05) is 0 Å². The topological polar surface area (TPSA) is 21.3 Å². The maximum atomic E-state index is 5.66. The van der Waals surface area contributed by atoms with E-state index in [-0.39, 0.29) is 11.0 Å². The zero-order valence-corrected chi connectivity index (χ0v) is 13.8. The van der Waals surface area contributed by atoms with Gasteiger partial charge in [0.05, 0.1) is 10.4 Å². The Morgan fingerprint density at radius 3 is 2.72 bits per heavy atom. The molecule has 1 aromatic heterocycles. The monoisotopic (exact) mass is 331 g/mol. The van der Waals surface area contributed by atoms with Gasteiger partial charge in [0.1, 0.15) is 0 Å². The molecule has 2 nitrogen and oxygen atoms in total. The van der Waals surface area contributed by atoms with Crippen molar-refractivity contribution < 1.29 is 4.74 Å². The predicted molar refractivity (Wildman–Crippen MR) is 81.3 cm³/mol. The van der Waals surface area contributed by atoms with Gasteiger partial charge in [-0.25, -0.2) is 0 Å². The van der Waals surface area contributed by atoms with Crippen molar-refractivity contribution >= 4 is 27.3 Å². The van der Waals surface area contributed by atoms with Crippen LogP contribution in [0.2, 0.25) is 0 Å². The molecule has 1 N–H and O–H groups in total. The molecule has 102 valence electrons. The first kappa shape index (κ1) is 14.5. The predicted octanol–water partition coefficient (Wildman–Crippen LogP) is 3.85. The van der Waals surface area contributed by atoms with Crippen LogP contribution < -0.4 is 5.32 Å². The fourth-order valence-electron chi connectivity index (χ4n) is 2.26. The van der Waals surface area contributed by atoms with Crippen LogP contribution in [-0.4, -0.2) is 25.3 Å². The number of hydrogen-bond acceptors (Lipinski definition) is 3. The van der Waals surface area contributed by atoms with Crippen LogP contribution in [0.25, 0.3) is 0 Å². The smallest absolute Gasteiger partial charge is 0.0701 e. The first-order chi connectivity index (χ1) is 8.39. The highest BCUT2D eigenvalue weighted by Gasteiger charge is 2.36. The third-order valence-electron chi connectivity index (χ3n) is 3.36. The fourth-order valence-corrected chi connectivity index (χ4v) is 3.92. The zero-order valence-electron chi connectivity index (χ0n) is 11.4. The molecule has 4 heteroatoms. The molecule has 0 bridgehead atoms. The van der Waals surface area contributed by atoms with Crippen molar-refractivity contribution in [1.82, 2.24) is 5.32 Å². The Labute approximate surface area is 122 Å². The van der Waals surface area contributed by atoms with Crippen LogP contribution in [-0.2, 0) is 11.2 Å². The molecule has 0 radical (unpaired) electrons. The number of ether oxygens (including phenoxy) is 1. The fraction of sp³-hybridized carbons (Fsp3) is 0.714. The number of halogens is 1. The molecule has 2 rings (SSSR count). The molecule has 1 saturated heterocycles. The Kier molecular flexibility index (Phi) is 4.52. The Morgan fingerprint density at radius 1 is 1.44 bits per heavy atom. The quantitative estimate of drug-likeness (QED) is 0.904. The minimum absolute atomic E-state index is 0.172. The zero-order chi connectivity index (χ0) is 13.2. The second-order valence-corrected chi connectivity index (χ2v) is 8.84. The van der Waals surface area contributed by atoms with Crippen molar-refractivity contribution in [3.8, 4) is 0 Å². The van der Waals surface area contributed by atoms with E-state index in [2.05, 4.69) is 54.2 Å². The van der Waals surface area contributed by atoms with Crippen molar-refractivity contribution in [3.63, 3.8) is 0 Å². The van der Waals surface area contributed by atoms with E-state index in [1.54, 1.807) is 0 Å². The van der Waals surface area contributed by atoms with E-state index in [4.69, 9.17) is 4.74 Å². The summed E-state index contributed by atoms with van der Waals surface area (Å²) in [6, 6.07) is 4.37. The summed E-state index contributed by atoms with van der Waals surface area (Å²) < 4.78 is 6.88. The number of rotatable bonds is 4. The molecule has 0 saturated carbocycles. The Morgan fingerprint density at radius 2 is 2.22 bits per heavy atom. The molecule has 1 fully saturated rings. The minimum atomic E-state index is 0.172. The molecule has 2 heterocycles. The standard InChI is InChI=1S/C14H22BrNOS/c1-13(2,3)16-9-14(6-7-17-10-14)8-11-4-5-12(15)18-11/h4-5,16H,6-10H2,1-3H3. The van der Waals surface area contributed by atoms with Gasteiger partial charge in [-0.3, -0.25) is 0 Å². The van der Waals surface area contributed by atoms with Crippen molar-refractivity contribution in [2.45, 2.75) is 39.2 Å². The molecule has 1 aliphatic heterocycles. The normalized spacial score (nSPS) is 24.7. The minimum Gasteiger partial charge on any atom is -0.381 e. The molecule has 1 unspecified atom stereocenters. The summed E-state index contributed by atoms with van der Waals surface area (Å²) in [5.41, 5.74) is 0.448. The van der Waals surface area contributed by atoms with E-state index in [1.807, 2.05) is 11.3 Å². The second kappa shape index (κ2) is 5.61. The maximum absolute atomic E-state index is 5.66. The summed E-state index contributed by atoms with van der Waals surface area (Å²) in [5.74, 6) is 0. The van der Waals surface area contributed by atoms with Crippen LogP contribution in [0.15, 0.2) is 15.9 Å². The van der Waals surface area contributed by atoms with E-state index in [0.29, 0.717) is 0 Å². The van der Waals surface area contributed by atoms with E-state index >= 15 is 0 Å². The van der Waals surface area contributed by atoms with Gasteiger partial charge < -0.3 is 10.1 Å². The highest BCUT2D eigenvalue weighted by Crippen LogP contribution is 2.35. The van der Waals surface area contributed by atoms with E-state index in [9.17, 15) is 0 Å². The van der Waals surface area contributed by atoms with Crippen LogP contribution in [0.1, 0.15) is 32.1 Å². The third kappa shape index (κ3) is 4.05. The summed E-state index contributed by atoms with van der Waals surface area (Å²) in [7, 11) is 0. The SMILES string of the molecule is CC(C)(C)NCC1(Cc2ccc(Br)s2)CCOC1. The molecular weight excluding hydrogens is 310 g/mol. The average Bonchev–Trinajstić information content (AvgIpc) is 2.86. The molecule has 1 aromatic rings. The van der Waals surface area contributed by atoms with Gasteiger partial charge in [0.25, 0.3) is 0 Å². The summed E-state index contributed by atoms with van der Waals surface area (Å²) in [5, 5.41) is 3.64. The molecule has 1 aliphatic rings. The number of nitrogens with one attached hydrogen (secondary N) is 1. The van der Waals surface area contributed by atoms with Crippen molar-refractivity contribution in [3.05, 3.63) is 20.8 Å². The van der Waals surface area contributed by atoms with Gasteiger partial charge in [0, 0.05) is 29.0 Å². The lowest BCUT2D eigenvalue weighted by atomic mass is 9.82. The molecule has 0 amide bonds. The molecule has 0 spiro atoms. The maximum Gasteiger partial charge on any atom is 0.0701 e. The first-order valence-corrected chi connectivity index (χ1v) is 8.07. The van der Waals surface area contributed by atoms with Crippen LogP contribution >= 0.6 is 27.3 Å². The lowest BCUT2D eigenvalue weighted by molar-refractivity contribution is 0.144. The summed E-state index contributed by atoms with van der Waals surface area (Å²) in [6.45, 7) is 9.48. The van der Waals surface area contributed by atoms with Gasteiger partial charge in [-0.15, -0.1) is 11.3 Å². The highest BCUT2D eigenvalue weighted by molar-refractivity contribution is 9.11. The molecule has 1 atom stereocenters. The van der Waals surface area contributed by atoms with E-state index in [0.717, 1.165) is 32.6 Å². The largest absolute Gasteiger partial charge is 0.381 e. The van der Waals surface area contributed by atoms with Crippen molar-refractivity contribution in [2.75, 3.05) is 19.8 Å². The molecule has 0 aromatic carbocycles. The van der Waals surface area contributed by atoms with Gasteiger partial charge in [-0.2, -0.15) is 0 Å². The summed E-state index contributed by atoms with van der Waals surface area (Å²) in [6.07, 6.45) is 2.28.